The molecule has 3 N–H and O–H groups in total. The minimum Gasteiger partial charge on any atom is -0.397 e. The van der Waals surface area contributed by atoms with Gasteiger partial charge in [0.1, 0.15) is 10.7 Å². The van der Waals surface area contributed by atoms with Crippen molar-refractivity contribution < 1.29 is 14.3 Å². The highest BCUT2D eigenvalue weighted by Gasteiger charge is 2.35. The van der Waals surface area contributed by atoms with E-state index in [1.807, 2.05) is 0 Å². The molecule has 20 heavy (non-hydrogen) atoms. The van der Waals surface area contributed by atoms with Crippen LogP contribution in [0.1, 0.15) is 23.0 Å². The Morgan fingerprint density at radius 1 is 1.55 bits per heavy atom. The lowest BCUT2D eigenvalue weighted by atomic mass is 10.1. The highest BCUT2D eigenvalue weighted by Crippen LogP contribution is 2.36. The molecule has 1 unspecified atom stereocenters. The molecule has 0 spiro atoms. The lowest BCUT2D eigenvalue weighted by Gasteiger charge is -2.18. The molecule has 1 aromatic carbocycles. The number of anilines is 1. The van der Waals surface area contributed by atoms with Gasteiger partial charge in [0.15, 0.2) is 0 Å². The SMILES string of the molecule is CC1(O)CCN(C(=O)c2sc3cccc(F)c3c2N)C1. The van der Waals surface area contributed by atoms with Gasteiger partial charge in [-0.3, -0.25) is 4.79 Å². The van der Waals surface area contributed by atoms with Crippen LogP contribution in [0.5, 0.6) is 0 Å². The van der Waals surface area contributed by atoms with Crippen molar-refractivity contribution in [2.75, 3.05) is 18.8 Å². The van der Waals surface area contributed by atoms with Gasteiger partial charge in [0.25, 0.3) is 5.91 Å². The average molecular weight is 294 g/mol. The van der Waals surface area contributed by atoms with Crippen LogP contribution in [0.25, 0.3) is 10.1 Å². The van der Waals surface area contributed by atoms with Gasteiger partial charge in [-0.15, -0.1) is 11.3 Å². The summed E-state index contributed by atoms with van der Waals surface area (Å²) in [6.07, 6.45) is 0.540. The van der Waals surface area contributed by atoms with Crippen LogP contribution in [0, 0.1) is 5.82 Å². The molecule has 0 aliphatic carbocycles. The third-order valence-corrected chi connectivity index (χ3v) is 4.79. The van der Waals surface area contributed by atoms with Crippen molar-refractivity contribution in [3.63, 3.8) is 0 Å². The van der Waals surface area contributed by atoms with Crippen LogP contribution < -0.4 is 5.73 Å². The fourth-order valence-electron chi connectivity index (χ4n) is 2.55. The van der Waals surface area contributed by atoms with Crippen LogP contribution in [-0.4, -0.2) is 34.6 Å². The number of hydrogen-bond acceptors (Lipinski definition) is 4. The molecule has 0 bridgehead atoms. The molecular weight excluding hydrogens is 279 g/mol. The summed E-state index contributed by atoms with van der Waals surface area (Å²) in [6, 6.07) is 4.68. The summed E-state index contributed by atoms with van der Waals surface area (Å²) in [5.74, 6) is -0.649. The zero-order valence-corrected chi connectivity index (χ0v) is 11.8. The van der Waals surface area contributed by atoms with Gasteiger partial charge >= 0.3 is 0 Å². The number of nitrogens with zero attached hydrogens (tertiary/aromatic N) is 1. The van der Waals surface area contributed by atoms with Crippen molar-refractivity contribution in [2.24, 2.45) is 0 Å². The number of hydrogen-bond donors (Lipinski definition) is 2. The number of likely N-dealkylation sites (tertiary alicyclic amines) is 1. The summed E-state index contributed by atoms with van der Waals surface area (Å²) in [4.78, 5) is 14.4. The molecule has 106 valence electrons. The molecule has 0 radical (unpaired) electrons. The Kier molecular flexibility index (Phi) is 2.95. The minimum atomic E-state index is -0.855. The maximum absolute atomic E-state index is 13.8. The van der Waals surface area contributed by atoms with E-state index in [4.69, 9.17) is 5.73 Å². The smallest absolute Gasteiger partial charge is 0.266 e. The number of nitrogens with two attached hydrogens (primary N) is 1. The van der Waals surface area contributed by atoms with Crippen molar-refractivity contribution in [1.29, 1.82) is 0 Å². The van der Waals surface area contributed by atoms with Gasteiger partial charge < -0.3 is 15.7 Å². The lowest BCUT2D eigenvalue weighted by Crippen LogP contribution is -2.33. The number of carbonyl (C=O) groups is 1. The van der Waals surface area contributed by atoms with Gasteiger partial charge in [0, 0.05) is 17.8 Å². The molecule has 4 nitrogen and oxygen atoms in total. The predicted molar refractivity (Wildman–Crippen MR) is 77.3 cm³/mol. The van der Waals surface area contributed by atoms with E-state index in [-0.39, 0.29) is 18.1 Å². The second kappa shape index (κ2) is 4.43. The molecule has 1 aliphatic heterocycles. The van der Waals surface area contributed by atoms with E-state index in [2.05, 4.69) is 0 Å². The van der Waals surface area contributed by atoms with Crippen LogP contribution in [0.4, 0.5) is 10.1 Å². The fourth-order valence-corrected chi connectivity index (χ4v) is 3.65. The summed E-state index contributed by atoms with van der Waals surface area (Å²) >= 11 is 1.20. The van der Waals surface area contributed by atoms with Crippen LogP contribution in [0.15, 0.2) is 18.2 Å². The topological polar surface area (TPSA) is 66.6 Å². The largest absolute Gasteiger partial charge is 0.397 e. The third kappa shape index (κ3) is 2.05. The Morgan fingerprint density at radius 2 is 2.30 bits per heavy atom. The number of β-amino-alcohol motifs (C(OH)–C–C–N with tert-alkyl or cyclic N) is 1. The van der Waals surface area contributed by atoms with E-state index >= 15 is 0 Å². The van der Waals surface area contributed by atoms with Crippen LogP contribution in [0.3, 0.4) is 0 Å². The normalized spacial score (nSPS) is 22.6. The summed E-state index contributed by atoms with van der Waals surface area (Å²) < 4.78 is 14.4. The number of aliphatic hydroxyl groups is 1. The van der Waals surface area contributed by atoms with Crippen molar-refractivity contribution in [3.8, 4) is 0 Å². The molecule has 2 aromatic rings. The number of carbonyl (C=O) groups excluding carboxylic acids is 1. The summed E-state index contributed by atoms with van der Waals surface area (Å²) in [5.41, 5.74) is 5.28. The molecule has 1 amide bonds. The maximum Gasteiger partial charge on any atom is 0.266 e. The minimum absolute atomic E-state index is 0.194. The van der Waals surface area contributed by atoms with Crippen molar-refractivity contribution in [3.05, 3.63) is 28.9 Å². The molecule has 1 saturated heterocycles. The molecule has 0 saturated carbocycles. The summed E-state index contributed by atoms with van der Waals surface area (Å²) in [6.45, 7) is 2.47. The van der Waals surface area contributed by atoms with Gasteiger partial charge in [0.05, 0.1) is 16.7 Å². The monoisotopic (exact) mass is 294 g/mol. The summed E-state index contributed by atoms with van der Waals surface area (Å²) in [7, 11) is 0. The molecule has 1 aliphatic rings. The number of halogens is 1. The van der Waals surface area contributed by atoms with E-state index in [0.717, 1.165) is 0 Å². The molecule has 2 heterocycles. The molecule has 3 rings (SSSR count). The number of amides is 1. The first-order valence-corrected chi connectivity index (χ1v) is 7.19. The van der Waals surface area contributed by atoms with E-state index in [1.54, 1.807) is 24.0 Å². The van der Waals surface area contributed by atoms with E-state index in [0.29, 0.717) is 27.9 Å². The van der Waals surface area contributed by atoms with Crippen molar-refractivity contribution in [2.45, 2.75) is 18.9 Å². The lowest BCUT2D eigenvalue weighted by molar-refractivity contribution is 0.0575. The Bertz CT molecular complexity index is 696. The Hall–Kier alpha value is -1.66. The molecule has 1 atom stereocenters. The van der Waals surface area contributed by atoms with Crippen LogP contribution in [-0.2, 0) is 0 Å². The van der Waals surface area contributed by atoms with Crippen molar-refractivity contribution in [1.82, 2.24) is 4.90 Å². The number of rotatable bonds is 1. The van der Waals surface area contributed by atoms with Gasteiger partial charge in [-0.05, 0) is 25.5 Å². The highest BCUT2D eigenvalue weighted by molar-refractivity contribution is 7.21. The predicted octanol–water partition coefficient (Wildman–Crippen LogP) is 2.22. The Labute approximate surface area is 119 Å². The number of thiophene rings is 1. The average Bonchev–Trinajstić information content (AvgIpc) is 2.90. The van der Waals surface area contributed by atoms with Gasteiger partial charge in [-0.25, -0.2) is 4.39 Å². The zero-order chi connectivity index (χ0) is 14.5. The van der Waals surface area contributed by atoms with Crippen molar-refractivity contribution >= 4 is 33.0 Å². The number of nitrogen functional groups attached to an aromatic ring is 1. The number of benzene rings is 1. The Balaban J connectivity index is 2.01. The molecule has 1 fully saturated rings. The maximum atomic E-state index is 13.8. The first-order chi connectivity index (χ1) is 9.39. The Morgan fingerprint density at radius 3 is 2.90 bits per heavy atom. The fraction of sp³-hybridized carbons (Fsp3) is 0.357. The van der Waals surface area contributed by atoms with Gasteiger partial charge in [-0.1, -0.05) is 6.07 Å². The first-order valence-electron chi connectivity index (χ1n) is 6.37. The second-order valence-electron chi connectivity index (χ2n) is 5.43. The van der Waals surface area contributed by atoms with Crippen LogP contribution in [0.2, 0.25) is 0 Å². The molecule has 1 aromatic heterocycles. The zero-order valence-electron chi connectivity index (χ0n) is 11.0. The van der Waals surface area contributed by atoms with Gasteiger partial charge in [0.2, 0.25) is 0 Å². The molecular formula is C14H15FN2O2S. The first kappa shape index (κ1) is 13.3. The standard InChI is InChI=1S/C14H15FN2O2S/c1-14(19)5-6-17(7-14)13(18)12-11(16)10-8(15)3-2-4-9(10)20-12/h2-4,19H,5-7,16H2,1H3. The second-order valence-corrected chi connectivity index (χ2v) is 6.48. The van der Waals surface area contributed by atoms with E-state index in [1.165, 1.54) is 17.4 Å². The van der Waals surface area contributed by atoms with Gasteiger partial charge in [-0.2, -0.15) is 0 Å². The highest BCUT2D eigenvalue weighted by atomic mass is 32.1. The third-order valence-electron chi connectivity index (χ3n) is 3.63. The quantitative estimate of drug-likeness (QED) is 0.847. The van der Waals surface area contributed by atoms with Crippen LogP contribution >= 0.6 is 11.3 Å². The molecule has 6 heteroatoms. The summed E-state index contributed by atoms with van der Waals surface area (Å²) in [5, 5.41) is 10.2. The number of fused-ring (bicyclic) bond motifs is 1. The van der Waals surface area contributed by atoms with E-state index < -0.39 is 11.4 Å². The van der Waals surface area contributed by atoms with E-state index in [9.17, 15) is 14.3 Å².